The van der Waals surface area contributed by atoms with Gasteiger partial charge in [0.2, 0.25) is 12.7 Å². The summed E-state index contributed by atoms with van der Waals surface area (Å²) in [5, 5.41) is 3.36. The monoisotopic (exact) mass is 310 g/mol. The summed E-state index contributed by atoms with van der Waals surface area (Å²) in [7, 11) is 0. The largest absolute Gasteiger partial charge is 0.454 e. The molecule has 1 saturated carbocycles. The molecule has 1 aliphatic heterocycles. The molecular weight excluding hydrogens is 292 g/mol. The highest BCUT2D eigenvalue weighted by molar-refractivity contribution is 6.34. The summed E-state index contributed by atoms with van der Waals surface area (Å²) in [5.41, 5.74) is 6.35. The minimum absolute atomic E-state index is 0.00841. The Morgan fingerprint density at radius 1 is 1.29 bits per heavy atom. The summed E-state index contributed by atoms with van der Waals surface area (Å²) >= 11 is 6.19. The molecule has 0 saturated heterocycles. The van der Waals surface area contributed by atoms with E-state index in [0.717, 1.165) is 25.7 Å². The summed E-state index contributed by atoms with van der Waals surface area (Å²) in [5.74, 6) is 1.42. The van der Waals surface area contributed by atoms with Crippen LogP contribution in [0.5, 0.6) is 11.5 Å². The number of fused-ring (bicyclic) bond motifs is 1. The molecular formula is C15H19ClN2O3. The molecule has 0 aromatic heterocycles. The number of anilines is 1. The number of benzene rings is 1. The molecule has 3 N–H and O–H groups in total. The van der Waals surface area contributed by atoms with Crippen molar-refractivity contribution in [3.05, 3.63) is 17.2 Å². The van der Waals surface area contributed by atoms with Crippen LogP contribution in [0, 0.1) is 11.8 Å². The van der Waals surface area contributed by atoms with Crippen LogP contribution in [0.1, 0.15) is 25.7 Å². The molecule has 1 fully saturated rings. The Morgan fingerprint density at radius 2 is 2.00 bits per heavy atom. The first kappa shape index (κ1) is 14.5. The molecule has 3 rings (SSSR count). The highest BCUT2D eigenvalue weighted by Gasteiger charge is 2.30. The Hall–Kier alpha value is -1.46. The first-order chi connectivity index (χ1) is 10.2. The molecule has 1 aliphatic carbocycles. The molecule has 1 aromatic carbocycles. The van der Waals surface area contributed by atoms with Gasteiger partial charge in [-0.25, -0.2) is 0 Å². The van der Waals surface area contributed by atoms with E-state index in [0.29, 0.717) is 28.8 Å². The van der Waals surface area contributed by atoms with Crippen LogP contribution in [0.15, 0.2) is 12.1 Å². The average Bonchev–Trinajstić information content (AvgIpc) is 2.94. The van der Waals surface area contributed by atoms with Crippen LogP contribution in [-0.4, -0.2) is 19.2 Å². The van der Waals surface area contributed by atoms with E-state index >= 15 is 0 Å². The molecule has 114 valence electrons. The quantitative estimate of drug-likeness (QED) is 0.900. The lowest BCUT2D eigenvalue weighted by Gasteiger charge is -2.29. The fourth-order valence-corrected chi connectivity index (χ4v) is 3.27. The van der Waals surface area contributed by atoms with Gasteiger partial charge in [-0.2, -0.15) is 0 Å². The summed E-state index contributed by atoms with van der Waals surface area (Å²) < 4.78 is 10.6. The van der Waals surface area contributed by atoms with Crippen LogP contribution in [0.3, 0.4) is 0 Å². The van der Waals surface area contributed by atoms with Gasteiger partial charge in [-0.05, 0) is 25.3 Å². The molecule has 1 heterocycles. The highest BCUT2D eigenvalue weighted by Crippen LogP contribution is 2.40. The smallest absolute Gasteiger partial charge is 0.231 e. The Bertz CT molecular complexity index is 550. The van der Waals surface area contributed by atoms with Crippen LogP contribution in [0.4, 0.5) is 5.69 Å². The second-order valence-corrected chi connectivity index (χ2v) is 5.97. The SMILES string of the molecule is NCC1CCCCC1C(=O)Nc1cc2c(cc1Cl)OCO2. The molecule has 2 aliphatic rings. The topological polar surface area (TPSA) is 73.6 Å². The lowest BCUT2D eigenvalue weighted by atomic mass is 9.78. The summed E-state index contributed by atoms with van der Waals surface area (Å²) in [6, 6.07) is 3.38. The van der Waals surface area contributed by atoms with Crippen LogP contribution in [0.2, 0.25) is 5.02 Å². The van der Waals surface area contributed by atoms with Gasteiger partial charge in [-0.15, -0.1) is 0 Å². The number of halogens is 1. The van der Waals surface area contributed by atoms with Gasteiger partial charge in [0.05, 0.1) is 10.7 Å². The first-order valence-electron chi connectivity index (χ1n) is 7.29. The summed E-state index contributed by atoms with van der Waals surface area (Å²) in [6.45, 7) is 0.730. The Kier molecular flexibility index (Phi) is 4.22. The molecule has 21 heavy (non-hydrogen) atoms. The fraction of sp³-hybridized carbons (Fsp3) is 0.533. The number of nitrogens with one attached hydrogen (secondary N) is 1. The molecule has 5 nitrogen and oxygen atoms in total. The van der Waals surface area contributed by atoms with E-state index in [1.54, 1.807) is 12.1 Å². The number of carbonyl (C=O) groups is 1. The van der Waals surface area contributed by atoms with Crippen molar-refractivity contribution >= 4 is 23.2 Å². The van der Waals surface area contributed by atoms with E-state index in [1.165, 1.54) is 0 Å². The van der Waals surface area contributed by atoms with E-state index in [-0.39, 0.29) is 24.5 Å². The Morgan fingerprint density at radius 3 is 2.76 bits per heavy atom. The number of hydrogen-bond donors (Lipinski definition) is 2. The predicted octanol–water partition coefficient (Wildman–Crippen LogP) is 2.77. The zero-order valence-electron chi connectivity index (χ0n) is 11.7. The Balaban J connectivity index is 1.75. The number of rotatable bonds is 3. The third-order valence-electron chi connectivity index (χ3n) is 4.27. The van der Waals surface area contributed by atoms with E-state index in [2.05, 4.69) is 5.32 Å². The number of ether oxygens (including phenoxy) is 2. The summed E-state index contributed by atoms with van der Waals surface area (Å²) in [6.07, 6.45) is 4.12. The van der Waals surface area contributed by atoms with Gasteiger partial charge in [-0.1, -0.05) is 24.4 Å². The van der Waals surface area contributed by atoms with E-state index in [1.807, 2.05) is 0 Å². The predicted molar refractivity (Wildman–Crippen MR) is 80.7 cm³/mol. The van der Waals surface area contributed by atoms with Crippen molar-refractivity contribution in [2.75, 3.05) is 18.7 Å². The van der Waals surface area contributed by atoms with Gasteiger partial charge >= 0.3 is 0 Å². The highest BCUT2D eigenvalue weighted by atomic mass is 35.5. The second-order valence-electron chi connectivity index (χ2n) is 5.56. The average molecular weight is 311 g/mol. The standard InChI is InChI=1S/C15H19ClN2O3/c16-11-5-13-14(21-8-20-13)6-12(11)18-15(19)10-4-2-1-3-9(10)7-17/h5-6,9-10H,1-4,7-8,17H2,(H,18,19). The Labute approximate surface area is 128 Å². The van der Waals surface area contributed by atoms with E-state index in [9.17, 15) is 4.79 Å². The zero-order chi connectivity index (χ0) is 14.8. The van der Waals surface area contributed by atoms with Crippen molar-refractivity contribution in [3.8, 4) is 11.5 Å². The molecule has 1 amide bonds. The van der Waals surface area contributed by atoms with Crippen molar-refractivity contribution in [1.29, 1.82) is 0 Å². The van der Waals surface area contributed by atoms with Gasteiger partial charge in [0, 0.05) is 18.1 Å². The fourth-order valence-electron chi connectivity index (χ4n) is 3.07. The number of amides is 1. The second kappa shape index (κ2) is 6.12. The van der Waals surface area contributed by atoms with E-state index in [4.69, 9.17) is 26.8 Å². The normalized spacial score (nSPS) is 23.9. The van der Waals surface area contributed by atoms with Gasteiger partial charge in [0.15, 0.2) is 11.5 Å². The van der Waals surface area contributed by atoms with Crippen LogP contribution >= 0.6 is 11.6 Å². The van der Waals surface area contributed by atoms with Crippen LogP contribution < -0.4 is 20.5 Å². The van der Waals surface area contributed by atoms with Crippen molar-refractivity contribution in [2.45, 2.75) is 25.7 Å². The lowest BCUT2D eigenvalue weighted by molar-refractivity contribution is -0.122. The maximum atomic E-state index is 12.5. The minimum atomic E-state index is -0.0368. The molecule has 2 atom stereocenters. The zero-order valence-corrected chi connectivity index (χ0v) is 12.5. The van der Waals surface area contributed by atoms with Crippen molar-refractivity contribution in [1.82, 2.24) is 0 Å². The van der Waals surface area contributed by atoms with E-state index < -0.39 is 0 Å². The van der Waals surface area contributed by atoms with Crippen LogP contribution in [0.25, 0.3) is 0 Å². The maximum Gasteiger partial charge on any atom is 0.231 e. The van der Waals surface area contributed by atoms with Crippen molar-refractivity contribution in [3.63, 3.8) is 0 Å². The maximum absolute atomic E-state index is 12.5. The van der Waals surface area contributed by atoms with Gasteiger partial charge in [-0.3, -0.25) is 4.79 Å². The molecule has 0 radical (unpaired) electrons. The third-order valence-corrected chi connectivity index (χ3v) is 4.58. The van der Waals surface area contributed by atoms with Gasteiger partial charge < -0.3 is 20.5 Å². The molecule has 0 spiro atoms. The number of hydrogen-bond acceptors (Lipinski definition) is 4. The third kappa shape index (κ3) is 2.94. The molecule has 6 heteroatoms. The minimum Gasteiger partial charge on any atom is -0.454 e. The van der Waals surface area contributed by atoms with Crippen LogP contribution in [-0.2, 0) is 4.79 Å². The van der Waals surface area contributed by atoms with Crippen molar-refractivity contribution < 1.29 is 14.3 Å². The first-order valence-corrected chi connectivity index (χ1v) is 7.67. The van der Waals surface area contributed by atoms with Gasteiger partial charge in [0.1, 0.15) is 0 Å². The summed E-state index contributed by atoms with van der Waals surface area (Å²) in [4.78, 5) is 12.5. The number of nitrogens with two attached hydrogens (primary N) is 1. The van der Waals surface area contributed by atoms with Gasteiger partial charge in [0.25, 0.3) is 0 Å². The molecule has 2 unspecified atom stereocenters. The molecule has 1 aromatic rings. The number of carbonyl (C=O) groups excluding carboxylic acids is 1. The lowest BCUT2D eigenvalue weighted by Crippen LogP contribution is -2.35. The van der Waals surface area contributed by atoms with Crippen molar-refractivity contribution in [2.24, 2.45) is 17.6 Å². The molecule has 0 bridgehead atoms.